The Morgan fingerprint density at radius 1 is 1.33 bits per heavy atom. The third kappa shape index (κ3) is 4.62. The SMILES string of the molecule is Cl.O=C(Cc1cccc(Cl)c1)N1CCCC(N2CCNCC2=O)C1. The average molecular weight is 372 g/mol. The summed E-state index contributed by atoms with van der Waals surface area (Å²) in [6.45, 7) is 3.40. The summed E-state index contributed by atoms with van der Waals surface area (Å²) < 4.78 is 0. The molecule has 5 nitrogen and oxygen atoms in total. The predicted molar refractivity (Wildman–Crippen MR) is 96.6 cm³/mol. The molecule has 2 aliphatic rings. The Kier molecular flexibility index (Phi) is 6.90. The molecule has 0 aromatic heterocycles. The summed E-state index contributed by atoms with van der Waals surface area (Å²) in [5.74, 6) is 0.255. The molecule has 0 bridgehead atoms. The smallest absolute Gasteiger partial charge is 0.236 e. The van der Waals surface area contributed by atoms with E-state index < -0.39 is 0 Å². The topological polar surface area (TPSA) is 52.7 Å². The maximum Gasteiger partial charge on any atom is 0.236 e. The van der Waals surface area contributed by atoms with Crippen LogP contribution in [0.2, 0.25) is 5.02 Å². The van der Waals surface area contributed by atoms with E-state index >= 15 is 0 Å². The molecule has 0 aliphatic carbocycles. The number of rotatable bonds is 3. The van der Waals surface area contributed by atoms with Crippen molar-refractivity contribution >= 4 is 35.8 Å². The second-order valence-electron chi connectivity index (χ2n) is 6.21. The minimum atomic E-state index is 0. The average Bonchev–Trinajstić information content (AvgIpc) is 2.55. The number of amides is 2. The van der Waals surface area contributed by atoms with Crippen LogP contribution in [0.1, 0.15) is 18.4 Å². The minimum absolute atomic E-state index is 0. The molecule has 1 N–H and O–H groups in total. The van der Waals surface area contributed by atoms with Crippen molar-refractivity contribution in [2.75, 3.05) is 32.7 Å². The summed E-state index contributed by atoms with van der Waals surface area (Å²) in [5, 5.41) is 3.74. The van der Waals surface area contributed by atoms with Gasteiger partial charge in [0.15, 0.2) is 0 Å². The van der Waals surface area contributed by atoms with Crippen LogP contribution in [0.5, 0.6) is 0 Å². The van der Waals surface area contributed by atoms with Crippen LogP contribution in [0.3, 0.4) is 0 Å². The molecule has 1 unspecified atom stereocenters. The Hall–Kier alpha value is -1.30. The van der Waals surface area contributed by atoms with Gasteiger partial charge in [-0.3, -0.25) is 9.59 Å². The zero-order valence-corrected chi connectivity index (χ0v) is 15.1. The molecule has 2 heterocycles. The second-order valence-corrected chi connectivity index (χ2v) is 6.64. The maximum absolute atomic E-state index is 12.6. The zero-order chi connectivity index (χ0) is 16.2. The predicted octanol–water partition coefficient (Wildman–Crippen LogP) is 1.73. The van der Waals surface area contributed by atoms with Crippen molar-refractivity contribution in [3.05, 3.63) is 34.9 Å². The van der Waals surface area contributed by atoms with Crippen molar-refractivity contribution in [2.24, 2.45) is 0 Å². The van der Waals surface area contributed by atoms with Gasteiger partial charge < -0.3 is 15.1 Å². The maximum atomic E-state index is 12.6. The van der Waals surface area contributed by atoms with E-state index in [0.29, 0.717) is 24.5 Å². The number of carbonyl (C=O) groups is 2. The first-order valence-corrected chi connectivity index (χ1v) is 8.53. The molecule has 3 rings (SSSR count). The number of carbonyl (C=O) groups excluding carboxylic acids is 2. The van der Waals surface area contributed by atoms with Crippen LogP contribution in [0.15, 0.2) is 24.3 Å². The number of halogens is 2. The molecule has 1 atom stereocenters. The largest absolute Gasteiger partial charge is 0.340 e. The van der Waals surface area contributed by atoms with Gasteiger partial charge in [0, 0.05) is 37.2 Å². The highest BCUT2D eigenvalue weighted by atomic mass is 35.5. The molecular formula is C17H23Cl2N3O2. The van der Waals surface area contributed by atoms with Gasteiger partial charge >= 0.3 is 0 Å². The molecule has 2 amide bonds. The van der Waals surface area contributed by atoms with Crippen molar-refractivity contribution in [1.82, 2.24) is 15.1 Å². The first-order chi connectivity index (χ1) is 11.1. The lowest BCUT2D eigenvalue weighted by Crippen LogP contribution is -2.57. The number of likely N-dealkylation sites (tertiary alicyclic amines) is 1. The lowest BCUT2D eigenvalue weighted by molar-refractivity contribution is -0.140. The molecule has 7 heteroatoms. The fourth-order valence-electron chi connectivity index (χ4n) is 3.38. The second kappa shape index (κ2) is 8.70. The van der Waals surface area contributed by atoms with Crippen LogP contribution in [-0.2, 0) is 16.0 Å². The highest BCUT2D eigenvalue weighted by molar-refractivity contribution is 6.30. The van der Waals surface area contributed by atoms with E-state index in [1.165, 1.54) is 0 Å². The zero-order valence-electron chi connectivity index (χ0n) is 13.5. The first kappa shape index (κ1) is 19.0. The van der Waals surface area contributed by atoms with Gasteiger partial charge in [-0.25, -0.2) is 0 Å². The number of nitrogens with one attached hydrogen (secondary N) is 1. The standard InChI is InChI=1S/C17H22ClN3O2.ClH/c18-14-4-1-3-13(9-14)10-16(22)20-7-2-5-15(12-20)21-8-6-19-11-17(21)23;/h1,3-4,9,15,19H,2,5-8,10-12H2;1H. The summed E-state index contributed by atoms with van der Waals surface area (Å²) in [4.78, 5) is 28.4. The number of benzene rings is 1. The molecule has 2 saturated heterocycles. The number of piperazine rings is 1. The molecule has 2 aliphatic heterocycles. The summed E-state index contributed by atoms with van der Waals surface area (Å²) in [6.07, 6.45) is 2.29. The van der Waals surface area contributed by atoms with Gasteiger partial charge in [0.2, 0.25) is 11.8 Å². The number of piperidine rings is 1. The number of hydrogen-bond acceptors (Lipinski definition) is 3. The summed E-state index contributed by atoms with van der Waals surface area (Å²) in [6, 6.07) is 7.58. The number of hydrogen-bond donors (Lipinski definition) is 1. The van der Waals surface area contributed by atoms with Crippen molar-refractivity contribution in [3.8, 4) is 0 Å². The summed E-state index contributed by atoms with van der Waals surface area (Å²) in [5.41, 5.74) is 0.933. The van der Waals surface area contributed by atoms with Crippen LogP contribution >= 0.6 is 24.0 Å². The van der Waals surface area contributed by atoms with Crippen LogP contribution in [0, 0.1) is 0 Å². The van der Waals surface area contributed by atoms with Crippen molar-refractivity contribution in [1.29, 1.82) is 0 Å². The molecule has 1 aromatic carbocycles. The normalized spacial score (nSPS) is 21.4. The van der Waals surface area contributed by atoms with E-state index in [1.807, 2.05) is 34.1 Å². The number of nitrogens with zero attached hydrogens (tertiary/aromatic N) is 2. The summed E-state index contributed by atoms with van der Waals surface area (Å²) in [7, 11) is 0. The molecule has 2 fully saturated rings. The molecule has 0 spiro atoms. The fraction of sp³-hybridized carbons (Fsp3) is 0.529. The van der Waals surface area contributed by atoms with Gasteiger partial charge in [-0.1, -0.05) is 23.7 Å². The fourth-order valence-corrected chi connectivity index (χ4v) is 3.59. The van der Waals surface area contributed by atoms with Crippen molar-refractivity contribution in [2.45, 2.75) is 25.3 Å². The lowest BCUT2D eigenvalue weighted by Gasteiger charge is -2.41. The van der Waals surface area contributed by atoms with Crippen molar-refractivity contribution < 1.29 is 9.59 Å². The van der Waals surface area contributed by atoms with Crippen molar-refractivity contribution in [3.63, 3.8) is 0 Å². The molecule has 132 valence electrons. The molecule has 0 radical (unpaired) electrons. The summed E-state index contributed by atoms with van der Waals surface area (Å²) >= 11 is 5.98. The van der Waals surface area contributed by atoms with Crippen LogP contribution in [0.4, 0.5) is 0 Å². The third-order valence-electron chi connectivity index (χ3n) is 4.56. The van der Waals surface area contributed by atoms with Crippen LogP contribution in [0.25, 0.3) is 0 Å². The Morgan fingerprint density at radius 2 is 2.17 bits per heavy atom. The van der Waals surface area contributed by atoms with Gasteiger partial charge in [0.1, 0.15) is 0 Å². The molecule has 0 saturated carbocycles. The molecule has 1 aromatic rings. The quantitative estimate of drug-likeness (QED) is 0.879. The Bertz CT molecular complexity index is 597. The van der Waals surface area contributed by atoms with Crippen LogP contribution < -0.4 is 5.32 Å². The van der Waals surface area contributed by atoms with E-state index in [9.17, 15) is 9.59 Å². The highest BCUT2D eigenvalue weighted by Crippen LogP contribution is 2.19. The third-order valence-corrected chi connectivity index (χ3v) is 4.80. The Labute approximate surface area is 153 Å². The Morgan fingerprint density at radius 3 is 2.92 bits per heavy atom. The van der Waals surface area contributed by atoms with E-state index in [2.05, 4.69) is 5.32 Å². The van der Waals surface area contributed by atoms with Gasteiger partial charge in [-0.15, -0.1) is 12.4 Å². The Balaban J connectivity index is 0.00000208. The van der Waals surface area contributed by atoms with E-state index in [-0.39, 0.29) is 30.3 Å². The molecule has 24 heavy (non-hydrogen) atoms. The first-order valence-electron chi connectivity index (χ1n) is 8.16. The minimum Gasteiger partial charge on any atom is -0.340 e. The molecular weight excluding hydrogens is 349 g/mol. The van der Waals surface area contributed by atoms with Gasteiger partial charge in [-0.2, -0.15) is 0 Å². The highest BCUT2D eigenvalue weighted by Gasteiger charge is 2.31. The lowest BCUT2D eigenvalue weighted by atomic mass is 10.0. The monoisotopic (exact) mass is 371 g/mol. The van der Waals surface area contributed by atoms with Gasteiger partial charge in [0.25, 0.3) is 0 Å². The van der Waals surface area contributed by atoms with E-state index in [0.717, 1.165) is 38.0 Å². The van der Waals surface area contributed by atoms with E-state index in [4.69, 9.17) is 11.6 Å². The van der Waals surface area contributed by atoms with E-state index in [1.54, 1.807) is 0 Å². The van der Waals surface area contributed by atoms with Gasteiger partial charge in [0.05, 0.1) is 13.0 Å². The van der Waals surface area contributed by atoms with Crippen LogP contribution in [-0.4, -0.2) is 60.4 Å². The van der Waals surface area contributed by atoms with Gasteiger partial charge in [-0.05, 0) is 30.5 Å².